The molecule has 0 saturated heterocycles. The summed E-state index contributed by atoms with van der Waals surface area (Å²) >= 11 is 0. The van der Waals surface area contributed by atoms with Gasteiger partial charge in [-0.3, -0.25) is 0 Å². The third-order valence-corrected chi connectivity index (χ3v) is 4.65. The molecule has 7 nitrogen and oxygen atoms in total. The van der Waals surface area contributed by atoms with Crippen LogP contribution in [0.2, 0.25) is 0 Å². The maximum atomic E-state index is 5.44. The van der Waals surface area contributed by atoms with E-state index in [0.29, 0.717) is 5.95 Å². The summed E-state index contributed by atoms with van der Waals surface area (Å²) in [6.45, 7) is 4.72. The average molecular weight is 357 g/mol. The number of nitrogens with one attached hydrogen (secondary N) is 1. The van der Waals surface area contributed by atoms with Crippen LogP contribution >= 0.6 is 0 Å². The van der Waals surface area contributed by atoms with E-state index in [0.717, 1.165) is 49.8 Å². The molecule has 1 N–H and O–H groups in total. The van der Waals surface area contributed by atoms with Gasteiger partial charge >= 0.3 is 0 Å². The SMILES string of the molecule is CCCCCNc1nncc(N2CCc3cc(OC)c(OC)cc3C2)n1. The predicted molar refractivity (Wildman–Crippen MR) is 102 cm³/mol. The molecule has 0 unspecified atom stereocenters. The molecule has 0 fully saturated rings. The Hall–Kier alpha value is -2.57. The summed E-state index contributed by atoms with van der Waals surface area (Å²) < 4.78 is 10.8. The zero-order chi connectivity index (χ0) is 18.4. The maximum absolute atomic E-state index is 5.44. The van der Waals surface area contributed by atoms with Gasteiger partial charge in [0.25, 0.3) is 0 Å². The molecule has 7 heteroatoms. The molecule has 1 aliphatic rings. The molecule has 1 aliphatic heterocycles. The summed E-state index contributed by atoms with van der Waals surface area (Å²) in [7, 11) is 3.33. The standard InChI is InChI=1S/C19H27N5O2/c1-4-5-6-8-20-19-22-18(12-21-23-19)24-9-7-14-10-16(25-2)17(26-3)11-15(14)13-24/h10-12H,4-9,13H2,1-3H3,(H,20,22,23). The molecule has 0 saturated carbocycles. The van der Waals surface area contributed by atoms with Crippen LogP contribution in [-0.4, -0.2) is 42.5 Å². The molecule has 1 aromatic heterocycles. The molecule has 2 heterocycles. The van der Waals surface area contributed by atoms with E-state index in [1.165, 1.54) is 24.0 Å². The molecular formula is C19H27N5O2. The number of nitrogens with zero attached hydrogens (tertiary/aromatic N) is 4. The van der Waals surface area contributed by atoms with Gasteiger partial charge < -0.3 is 19.7 Å². The molecule has 26 heavy (non-hydrogen) atoms. The molecule has 0 aliphatic carbocycles. The quantitative estimate of drug-likeness (QED) is 0.728. The van der Waals surface area contributed by atoms with Gasteiger partial charge in [-0.05, 0) is 36.1 Å². The van der Waals surface area contributed by atoms with Crippen molar-refractivity contribution >= 4 is 11.8 Å². The highest BCUT2D eigenvalue weighted by atomic mass is 16.5. The van der Waals surface area contributed by atoms with Gasteiger partial charge in [-0.2, -0.15) is 10.1 Å². The van der Waals surface area contributed by atoms with Crippen molar-refractivity contribution < 1.29 is 9.47 Å². The monoisotopic (exact) mass is 357 g/mol. The number of methoxy groups -OCH3 is 2. The van der Waals surface area contributed by atoms with Crippen molar-refractivity contribution in [3.8, 4) is 11.5 Å². The van der Waals surface area contributed by atoms with Crippen molar-refractivity contribution in [1.29, 1.82) is 0 Å². The molecule has 140 valence electrons. The Balaban J connectivity index is 1.72. The molecule has 0 radical (unpaired) electrons. The Kier molecular flexibility index (Phi) is 6.09. The topological polar surface area (TPSA) is 72.4 Å². The lowest BCUT2D eigenvalue weighted by molar-refractivity contribution is 0.353. The van der Waals surface area contributed by atoms with Gasteiger partial charge in [-0.15, -0.1) is 5.10 Å². The van der Waals surface area contributed by atoms with E-state index in [-0.39, 0.29) is 0 Å². The fourth-order valence-corrected chi connectivity index (χ4v) is 3.18. The Morgan fingerprint density at radius 3 is 2.62 bits per heavy atom. The first-order chi connectivity index (χ1) is 12.7. The molecule has 2 aromatic rings. The van der Waals surface area contributed by atoms with Crippen molar-refractivity contribution in [3.63, 3.8) is 0 Å². The summed E-state index contributed by atoms with van der Waals surface area (Å²) in [6.07, 6.45) is 6.17. The molecule has 0 spiro atoms. The Morgan fingerprint density at radius 1 is 1.12 bits per heavy atom. The number of hydrogen-bond acceptors (Lipinski definition) is 7. The third-order valence-electron chi connectivity index (χ3n) is 4.65. The van der Waals surface area contributed by atoms with Gasteiger partial charge in [0, 0.05) is 19.6 Å². The second-order valence-electron chi connectivity index (χ2n) is 6.42. The highest BCUT2D eigenvalue weighted by molar-refractivity contribution is 5.52. The van der Waals surface area contributed by atoms with Gasteiger partial charge in [-0.1, -0.05) is 19.8 Å². The van der Waals surface area contributed by atoms with Crippen LogP contribution in [0.25, 0.3) is 0 Å². The van der Waals surface area contributed by atoms with Gasteiger partial charge in [0.05, 0.1) is 20.4 Å². The van der Waals surface area contributed by atoms with Crippen LogP contribution in [0.4, 0.5) is 11.8 Å². The summed E-state index contributed by atoms with van der Waals surface area (Å²) in [5.41, 5.74) is 2.52. The zero-order valence-corrected chi connectivity index (χ0v) is 15.8. The predicted octanol–water partition coefficient (Wildman–Crippen LogP) is 3.05. The number of unbranched alkanes of at least 4 members (excludes halogenated alkanes) is 2. The first-order valence-corrected chi connectivity index (χ1v) is 9.17. The van der Waals surface area contributed by atoms with Crippen molar-refractivity contribution in [2.24, 2.45) is 0 Å². The summed E-state index contributed by atoms with van der Waals surface area (Å²) in [5, 5.41) is 11.5. The highest BCUT2D eigenvalue weighted by Crippen LogP contribution is 2.34. The second kappa shape index (κ2) is 8.69. The van der Waals surface area contributed by atoms with E-state index in [1.807, 2.05) is 0 Å². The fraction of sp³-hybridized carbons (Fsp3) is 0.526. The number of ether oxygens (including phenoxy) is 2. The second-order valence-corrected chi connectivity index (χ2v) is 6.42. The van der Waals surface area contributed by atoms with Crippen molar-refractivity contribution in [2.75, 3.05) is 37.5 Å². The van der Waals surface area contributed by atoms with Crippen LogP contribution in [-0.2, 0) is 13.0 Å². The van der Waals surface area contributed by atoms with Crippen molar-refractivity contribution in [1.82, 2.24) is 15.2 Å². The molecular weight excluding hydrogens is 330 g/mol. The van der Waals surface area contributed by atoms with Gasteiger partial charge in [0.2, 0.25) is 5.95 Å². The minimum atomic E-state index is 0.594. The van der Waals surface area contributed by atoms with Crippen LogP contribution in [0.15, 0.2) is 18.3 Å². The van der Waals surface area contributed by atoms with Crippen molar-refractivity contribution in [3.05, 3.63) is 29.5 Å². The van der Waals surface area contributed by atoms with E-state index in [2.05, 4.69) is 44.5 Å². The Labute approximate surface area is 154 Å². The molecule has 3 rings (SSSR count). The lowest BCUT2D eigenvalue weighted by Crippen LogP contribution is -2.31. The fourth-order valence-electron chi connectivity index (χ4n) is 3.18. The Morgan fingerprint density at radius 2 is 1.88 bits per heavy atom. The van der Waals surface area contributed by atoms with Crippen molar-refractivity contribution in [2.45, 2.75) is 39.2 Å². The minimum absolute atomic E-state index is 0.594. The van der Waals surface area contributed by atoms with E-state index in [4.69, 9.17) is 9.47 Å². The van der Waals surface area contributed by atoms with Crippen LogP contribution in [0, 0.1) is 0 Å². The smallest absolute Gasteiger partial charge is 0.244 e. The van der Waals surface area contributed by atoms with Gasteiger partial charge in [0.1, 0.15) is 0 Å². The highest BCUT2D eigenvalue weighted by Gasteiger charge is 2.21. The first-order valence-electron chi connectivity index (χ1n) is 9.17. The van der Waals surface area contributed by atoms with Crippen LogP contribution < -0.4 is 19.7 Å². The number of anilines is 2. The minimum Gasteiger partial charge on any atom is -0.493 e. The van der Waals surface area contributed by atoms with Gasteiger partial charge in [-0.25, -0.2) is 0 Å². The van der Waals surface area contributed by atoms with Gasteiger partial charge in [0.15, 0.2) is 17.3 Å². The lowest BCUT2D eigenvalue weighted by Gasteiger charge is -2.30. The summed E-state index contributed by atoms with van der Waals surface area (Å²) in [4.78, 5) is 6.85. The van der Waals surface area contributed by atoms with E-state index in [9.17, 15) is 0 Å². The van der Waals surface area contributed by atoms with E-state index >= 15 is 0 Å². The first kappa shape index (κ1) is 18.2. The van der Waals surface area contributed by atoms with Crippen LogP contribution in [0.1, 0.15) is 37.3 Å². The average Bonchev–Trinajstić information content (AvgIpc) is 2.70. The van der Waals surface area contributed by atoms with Crippen LogP contribution in [0.5, 0.6) is 11.5 Å². The molecule has 0 bridgehead atoms. The molecule has 0 atom stereocenters. The lowest BCUT2D eigenvalue weighted by atomic mass is 9.99. The largest absolute Gasteiger partial charge is 0.493 e. The number of benzene rings is 1. The number of fused-ring (bicyclic) bond motifs is 1. The van der Waals surface area contributed by atoms with Crippen LogP contribution in [0.3, 0.4) is 0 Å². The normalized spacial score (nSPS) is 13.3. The Bertz CT molecular complexity index is 738. The third kappa shape index (κ3) is 4.15. The maximum Gasteiger partial charge on any atom is 0.244 e. The van der Waals surface area contributed by atoms with E-state index in [1.54, 1.807) is 20.4 Å². The number of hydrogen-bond donors (Lipinski definition) is 1. The summed E-state index contributed by atoms with van der Waals surface area (Å²) in [6, 6.07) is 4.13. The molecule has 0 amide bonds. The number of aromatic nitrogens is 3. The molecule has 1 aromatic carbocycles. The zero-order valence-electron chi connectivity index (χ0n) is 15.8. The number of rotatable bonds is 8. The van der Waals surface area contributed by atoms with E-state index < -0.39 is 0 Å². The summed E-state index contributed by atoms with van der Waals surface area (Å²) in [5.74, 6) is 2.98.